The van der Waals surface area contributed by atoms with Gasteiger partial charge in [0.25, 0.3) is 0 Å². The summed E-state index contributed by atoms with van der Waals surface area (Å²) in [7, 11) is 0. The number of ether oxygens (including phenoxy) is 2. The molecule has 0 aromatic heterocycles. The summed E-state index contributed by atoms with van der Waals surface area (Å²) in [4.78, 5) is 70.8. The molecule has 0 unspecified atom stereocenters. The molecule has 52 heavy (non-hydrogen) atoms. The predicted molar refractivity (Wildman–Crippen MR) is 198 cm³/mol. The van der Waals surface area contributed by atoms with Crippen LogP contribution in [0.2, 0.25) is 0 Å². The molecule has 284 valence electrons. The Balaban J connectivity index is 1.70. The normalized spacial score (nSPS) is 30.8. The van der Waals surface area contributed by atoms with Gasteiger partial charge in [0.05, 0.1) is 41.8 Å². The molecule has 2 aliphatic rings. The molecule has 2 fully saturated rings. The number of morpholine rings is 1. The SMILES string of the molecule is [2H]C([2H])([2H])C([2H])(C[C@@]([2H])(NC(=O)[C@H](Cc1ccccc1)NC(=O)[C@H](CC(C)C)NC(=O)[C@H](CCc1ccccc1)NC(=O)CN1C([2H])([2H])C([2H])([2H])OC([2H])([2H])C1([2H])[2H])C(=O)[C@]1(C)OC1([2H])[2H])C([2H])([2H])[2H]. The van der Waals surface area contributed by atoms with Gasteiger partial charge in [-0.25, -0.2) is 0 Å². The van der Waals surface area contributed by atoms with E-state index in [9.17, 15) is 25.3 Å². The van der Waals surface area contributed by atoms with Crippen LogP contribution in [0.4, 0.5) is 0 Å². The zero-order chi connectivity index (χ0) is 53.5. The summed E-state index contributed by atoms with van der Waals surface area (Å²) in [6.45, 7) is -21.1. The van der Waals surface area contributed by atoms with Gasteiger partial charge < -0.3 is 30.7 Å². The lowest BCUT2D eigenvalue weighted by atomic mass is 9.93. The molecule has 4 amide bonds. The summed E-state index contributed by atoms with van der Waals surface area (Å²) in [5.41, 5.74) is -1.49. The third-order valence-electron chi connectivity index (χ3n) is 7.98. The molecule has 2 heterocycles. The van der Waals surface area contributed by atoms with E-state index in [1.807, 2.05) is 5.32 Å². The molecular weight excluding hydrogens is 662 g/mol. The summed E-state index contributed by atoms with van der Waals surface area (Å²) in [6.07, 6.45) is -2.41. The van der Waals surface area contributed by atoms with Gasteiger partial charge in [0.1, 0.15) is 23.7 Å². The van der Waals surface area contributed by atoms with Gasteiger partial charge in [-0.3, -0.25) is 28.9 Å². The number of aryl methyl sites for hydroxylation is 1. The number of carbonyl (C=O) groups excluding carboxylic acids is 5. The molecule has 2 aliphatic heterocycles. The van der Waals surface area contributed by atoms with Crippen molar-refractivity contribution in [1.82, 2.24) is 26.2 Å². The van der Waals surface area contributed by atoms with Crippen LogP contribution in [0, 0.1) is 11.8 Å². The fourth-order valence-corrected chi connectivity index (χ4v) is 5.25. The quantitative estimate of drug-likeness (QED) is 0.151. The minimum Gasteiger partial charge on any atom is -0.379 e. The molecule has 5 atom stereocenters. The van der Waals surface area contributed by atoms with Crippen molar-refractivity contribution in [2.75, 3.05) is 39.2 Å². The van der Waals surface area contributed by atoms with Crippen LogP contribution in [-0.2, 0) is 46.3 Å². The van der Waals surface area contributed by atoms with E-state index in [-0.39, 0.29) is 30.1 Å². The highest BCUT2D eigenvalue weighted by atomic mass is 16.6. The Kier molecular flexibility index (Phi) is 8.37. The van der Waals surface area contributed by atoms with Gasteiger partial charge in [0, 0.05) is 34.5 Å². The number of benzene rings is 2. The smallest absolute Gasteiger partial charge is 0.243 e. The van der Waals surface area contributed by atoms with Gasteiger partial charge in [0.2, 0.25) is 23.6 Å². The predicted octanol–water partition coefficient (Wildman–Crippen LogP) is 2.58. The highest BCUT2D eigenvalue weighted by molar-refractivity contribution is 5.98. The number of carbonyl (C=O) groups is 5. The van der Waals surface area contributed by atoms with Crippen LogP contribution in [0.3, 0.4) is 0 Å². The first-order valence-corrected chi connectivity index (χ1v) is 16.7. The Hall–Kier alpha value is -4.13. The summed E-state index contributed by atoms with van der Waals surface area (Å²) in [5.74, 6) is -10.4. The van der Waals surface area contributed by atoms with Crippen LogP contribution in [0.25, 0.3) is 0 Å². The second kappa shape index (κ2) is 19.6. The fraction of sp³-hybridized carbons (Fsp3) is 0.575. The molecule has 0 saturated carbocycles. The van der Waals surface area contributed by atoms with Crippen LogP contribution in [0.15, 0.2) is 60.7 Å². The summed E-state index contributed by atoms with van der Waals surface area (Å²) >= 11 is 0. The standard InChI is InChI=1S/C40H57N5O7/c1-27(2)22-32(36(47)40(5)26-52-40)42-39(50)34(24-30-14-10-7-11-15-30)44-38(49)33(23-28(3)4)43-37(48)31(17-16-29-12-8-6-9-13-29)41-35(46)25-45-18-20-51-21-19-45/h6-15,27-28,31-34H,16-26H2,1-5H3,(H,41,46)(H,42,50)(H,43,48)(H,44,49)/t31-,32+,33-,34-,40+/m0/s1/i1D3,2D3,18D2,19D2,20D2,21D2,26D2,27D,32D. The van der Waals surface area contributed by atoms with E-state index in [1.165, 1.54) is 12.1 Å². The molecule has 0 radical (unpaired) electrons. The van der Waals surface area contributed by atoms with Gasteiger partial charge >= 0.3 is 0 Å². The number of nitrogens with one attached hydrogen (secondary N) is 4. The highest BCUT2D eigenvalue weighted by Gasteiger charge is 2.50. The third-order valence-corrected chi connectivity index (χ3v) is 7.98. The highest BCUT2D eigenvalue weighted by Crippen LogP contribution is 2.29. The van der Waals surface area contributed by atoms with Crippen molar-refractivity contribution in [3.63, 3.8) is 0 Å². The Bertz CT molecular complexity index is 2200. The molecule has 2 aromatic rings. The van der Waals surface area contributed by atoms with Gasteiger partial charge in [0.15, 0.2) is 5.78 Å². The van der Waals surface area contributed by atoms with Crippen molar-refractivity contribution in [1.29, 1.82) is 0 Å². The van der Waals surface area contributed by atoms with Crippen LogP contribution in [0.1, 0.15) is 89.5 Å². The maximum atomic E-state index is 14.4. The number of hydrogen-bond donors (Lipinski definition) is 4. The number of nitrogens with zero attached hydrogens (tertiary/aromatic N) is 1. The Morgan fingerprint density at radius 3 is 2.00 bits per heavy atom. The molecule has 12 heteroatoms. The summed E-state index contributed by atoms with van der Waals surface area (Å²) in [5, 5.41) is 9.35. The van der Waals surface area contributed by atoms with E-state index in [2.05, 4.69) is 20.7 Å². The van der Waals surface area contributed by atoms with Crippen LogP contribution in [-0.4, -0.2) is 103 Å². The number of amides is 4. The minimum atomic E-state index is -3.71. The maximum Gasteiger partial charge on any atom is 0.243 e. The lowest BCUT2D eigenvalue weighted by Crippen LogP contribution is -2.59. The van der Waals surface area contributed by atoms with Gasteiger partial charge in [-0.15, -0.1) is 0 Å². The molecule has 12 nitrogen and oxygen atoms in total. The Labute approximate surface area is 333 Å². The summed E-state index contributed by atoms with van der Waals surface area (Å²) < 4.78 is 156. The molecule has 4 N–H and O–H groups in total. The zero-order valence-electron chi connectivity index (χ0n) is 47.1. The zero-order valence-corrected chi connectivity index (χ0v) is 29.1. The lowest BCUT2D eigenvalue weighted by Gasteiger charge is -2.29. The van der Waals surface area contributed by atoms with Gasteiger partial charge in [-0.1, -0.05) is 88.2 Å². The van der Waals surface area contributed by atoms with Crippen LogP contribution < -0.4 is 21.3 Å². The first kappa shape index (κ1) is 22.2. The molecule has 2 aromatic carbocycles. The van der Waals surface area contributed by atoms with E-state index in [0.717, 1.165) is 6.92 Å². The van der Waals surface area contributed by atoms with E-state index in [0.29, 0.717) is 11.1 Å². The van der Waals surface area contributed by atoms with Gasteiger partial charge in [-0.2, -0.15) is 0 Å². The summed E-state index contributed by atoms with van der Waals surface area (Å²) in [6, 6.07) is 7.96. The van der Waals surface area contributed by atoms with Crippen molar-refractivity contribution in [2.24, 2.45) is 11.8 Å². The van der Waals surface area contributed by atoms with Gasteiger partial charge in [-0.05, 0) is 55.5 Å². The fourth-order valence-electron chi connectivity index (χ4n) is 5.25. The van der Waals surface area contributed by atoms with E-state index >= 15 is 0 Å². The van der Waals surface area contributed by atoms with Crippen LogP contribution in [0.5, 0.6) is 0 Å². The number of rotatable bonds is 20. The average Bonchev–Trinajstić information content (AvgIpc) is 3.75. The van der Waals surface area contributed by atoms with Crippen molar-refractivity contribution in [3.05, 3.63) is 71.8 Å². The topological polar surface area (TPSA) is 158 Å². The first-order chi connectivity index (χ1) is 31.7. The van der Waals surface area contributed by atoms with E-state index in [1.54, 1.807) is 62.4 Å². The second-order valence-corrected chi connectivity index (χ2v) is 12.9. The molecule has 0 aliphatic carbocycles. The number of Topliss-reactive ketones (excluding diaryl/α,β-unsaturated/α-hetero) is 1. The number of ketones is 1. The first-order valence-electron chi connectivity index (χ1n) is 25.7. The lowest BCUT2D eigenvalue weighted by molar-refractivity contribution is -0.135. The number of epoxide rings is 1. The Morgan fingerprint density at radius 1 is 0.827 bits per heavy atom. The van der Waals surface area contributed by atoms with Crippen molar-refractivity contribution in [3.8, 4) is 0 Å². The number of hydrogen-bond acceptors (Lipinski definition) is 8. The van der Waals surface area contributed by atoms with Crippen molar-refractivity contribution in [2.45, 2.75) is 96.3 Å². The second-order valence-electron chi connectivity index (χ2n) is 12.9. The monoisotopic (exact) mass is 738 g/mol. The molecular formula is C40H57N5O7. The molecule has 4 rings (SSSR count). The molecule has 0 bridgehead atoms. The molecule has 0 spiro atoms. The van der Waals surface area contributed by atoms with Crippen LogP contribution >= 0.6 is 0 Å². The third kappa shape index (κ3) is 13.1. The van der Waals surface area contributed by atoms with E-state index < -0.39 is 131 Å². The van der Waals surface area contributed by atoms with Crippen molar-refractivity contribution >= 4 is 29.4 Å². The molecule has 2 saturated heterocycles. The Morgan fingerprint density at radius 2 is 1.40 bits per heavy atom. The van der Waals surface area contributed by atoms with E-state index in [4.69, 9.17) is 28.0 Å². The largest absolute Gasteiger partial charge is 0.379 e. The minimum absolute atomic E-state index is 0.0124. The maximum absolute atomic E-state index is 14.4. The average molecular weight is 738 g/mol. The van der Waals surface area contributed by atoms with Crippen molar-refractivity contribution < 1.29 is 58.1 Å².